The number of allylic oxidation sites excluding steroid dienone is 6. The van der Waals surface area contributed by atoms with E-state index in [2.05, 4.69) is 31.2 Å². The van der Waals surface area contributed by atoms with E-state index in [0.717, 1.165) is 32.1 Å². The molecule has 0 saturated carbocycles. The predicted molar refractivity (Wildman–Crippen MR) is 96.9 cm³/mol. The van der Waals surface area contributed by atoms with Crippen LogP contribution in [-0.2, 0) is 9.53 Å². The largest absolute Gasteiger partial charge is 0.481 e. The summed E-state index contributed by atoms with van der Waals surface area (Å²) < 4.78 is 5.49. The first kappa shape index (κ1) is 20.4. The van der Waals surface area contributed by atoms with Crippen LogP contribution in [0.4, 0.5) is 0 Å². The van der Waals surface area contributed by atoms with Gasteiger partial charge in [0.05, 0.1) is 6.10 Å². The monoisotopic (exact) mass is 334 g/mol. The molecule has 0 aromatic carbocycles. The average molecular weight is 334 g/mol. The van der Waals surface area contributed by atoms with E-state index in [1.165, 1.54) is 0 Å². The average Bonchev–Trinajstić information content (AvgIpc) is 3.32. The first-order valence-corrected chi connectivity index (χ1v) is 8.82. The molecule has 1 saturated heterocycles. The molecule has 0 aromatic heterocycles. The zero-order valence-electron chi connectivity index (χ0n) is 14.5. The minimum absolute atomic E-state index is 0.0865. The number of aliphatic hydroxyl groups is 1. The molecule has 1 heterocycles. The summed E-state index contributed by atoms with van der Waals surface area (Å²) in [5.74, 6) is -0.752. The van der Waals surface area contributed by atoms with Crippen LogP contribution in [0.25, 0.3) is 0 Å². The number of carboxylic acid groups (broad SMARTS) is 1. The highest BCUT2D eigenvalue weighted by molar-refractivity contribution is 5.66. The Morgan fingerprint density at radius 3 is 2.54 bits per heavy atom. The molecule has 0 spiro atoms. The van der Waals surface area contributed by atoms with Crippen molar-refractivity contribution in [3.63, 3.8) is 0 Å². The van der Waals surface area contributed by atoms with Crippen molar-refractivity contribution in [2.75, 3.05) is 0 Å². The van der Waals surface area contributed by atoms with Gasteiger partial charge in [-0.05, 0) is 38.5 Å². The number of ether oxygens (including phenoxy) is 1. The number of hydrogen-bond donors (Lipinski definition) is 2. The molecule has 0 aromatic rings. The summed E-state index contributed by atoms with van der Waals surface area (Å²) in [6.45, 7) is 2.12. The lowest BCUT2D eigenvalue weighted by Gasteiger charge is -1.99. The van der Waals surface area contributed by atoms with E-state index in [1.807, 2.05) is 18.2 Å². The number of aliphatic carboxylic acids is 1. The number of epoxide rings is 1. The van der Waals surface area contributed by atoms with Crippen LogP contribution in [0.3, 0.4) is 0 Å². The summed E-state index contributed by atoms with van der Waals surface area (Å²) in [7, 11) is 0. The highest BCUT2D eigenvalue weighted by atomic mass is 16.6. The fourth-order valence-corrected chi connectivity index (χ4v) is 2.31. The Labute approximate surface area is 145 Å². The molecule has 134 valence electrons. The maximum atomic E-state index is 10.3. The topological polar surface area (TPSA) is 70.1 Å². The predicted octanol–water partition coefficient (Wildman–Crippen LogP) is 4.17. The molecule has 1 fully saturated rings. The van der Waals surface area contributed by atoms with Crippen LogP contribution in [0.2, 0.25) is 0 Å². The summed E-state index contributed by atoms with van der Waals surface area (Å²) in [6, 6.07) is 0. The van der Waals surface area contributed by atoms with E-state index in [9.17, 15) is 9.90 Å². The molecule has 0 amide bonds. The second-order valence-electron chi connectivity index (χ2n) is 5.87. The number of rotatable bonds is 13. The molecule has 4 heteroatoms. The molecule has 0 radical (unpaired) electrons. The molecule has 4 nitrogen and oxygen atoms in total. The minimum atomic E-state index is -0.752. The van der Waals surface area contributed by atoms with Crippen molar-refractivity contribution in [1.29, 1.82) is 0 Å². The van der Waals surface area contributed by atoms with Gasteiger partial charge in [-0.1, -0.05) is 55.5 Å². The summed E-state index contributed by atoms with van der Waals surface area (Å²) in [5, 5.41) is 18.5. The Balaban J connectivity index is 2.07. The second-order valence-corrected chi connectivity index (χ2v) is 5.87. The van der Waals surface area contributed by atoms with E-state index >= 15 is 0 Å². The van der Waals surface area contributed by atoms with Gasteiger partial charge in [0, 0.05) is 6.42 Å². The molecule has 1 aliphatic heterocycles. The molecule has 3 atom stereocenters. The van der Waals surface area contributed by atoms with Gasteiger partial charge in [-0.15, -0.1) is 0 Å². The Morgan fingerprint density at radius 2 is 1.79 bits per heavy atom. The Hall–Kier alpha value is -1.65. The van der Waals surface area contributed by atoms with E-state index in [4.69, 9.17) is 9.84 Å². The van der Waals surface area contributed by atoms with Crippen LogP contribution < -0.4 is 0 Å². The number of carboxylic acids is 1. The van der Waals surface area contributed by atoms with E-state index < -0.39 is 12.1 Å². The zero-order chi connectivity index (χ0) is 17.6. The number of aliphatic hydroxyl groups excluding tert-OH is 1. The molecular weight excluding hydrogens is 304 g/mol. The lowest BCUT2D eigenvalue weighted by Crippen LogP contribution is -2.13. The van der Waals surface area contributed by atoms with E-state index in [1.54, 1.807) is 6.08 Å². The van der Waals surface area contributed by atoms with Crippen molar-refractivity contribution in [1.82, 2.24) is 0 Å². The Bertz CT molecular complexity index is 462. The van der Waals surface area contributed by atoms with Gasteiger partial charge >= 0.3 is 5.97 Å². The normalized spacial score (nSPS) is 22.2. The van der Waals surface area contributed by atoms with Crippen LogP contribution in [-0.4, -0.2) is 34.5 Å². The molecule has 3 unspecified atom stereocenters. The summed E-state index contributed by atoms with van der Waals surface area (Å²) in [5.41, 5.74) is 0. The van der Waals surface area contributed by atoms with Crippen molar-refractivity contribution >= 4 is 5.97 Å². The van der Waals surface area contributed by atoms with E-state index in [0.29, 0.717) is 6.42 Å². The molecular formula is C20H30O4. The quantitative estimate of drug-likeness (QED) is 0.301. The molecule has 0 aliphatic carbocycles. The SMILES string of the molecule is CCC=CCC=CCC1OC1C(O)C=CCC=CCCCC(=O)O. The van der Waals surface area contributed by atoms with Gasteiger partial charge in [-0.2, -0.15) is 0 Å². The second kappa shape index (κ2) is 12.7. The maximum absolute atomic E-state index is 10.3. The summed E-state index contributed by atoms with van der Waals surface area (Å²) in [4.78, 5) is 10.3. The van der Waals surface area contributed by atoms with Crippen LogP contribution in [0, 0.1) is 0 Å². The van der Waals surface area contributed by atoms with Gasteiger partial charge in [0.25, 0.3) is 0 Å². The number of hydrogen-bond acceptors (Lipinski definition) is 3. The van der Waals surface area contributed by atoms with Gasteiger partial charge in [0.2, 0.25) is 0 Å². The van der Waals surface area contributed by atoms with E-state index in [-0.39, 0.29) is 18.6 Å². The Morgan fingerprint density at radius 1 is 1.08 bits per heavy atom. The van der Waals surface area contributed by atoms with Crippen LogP contribution >= 0.6 is 0 Å². The summed E-state index contributed by atoms with van der Waals surface area (Å²) >= 11 is 0. The smallest absolute Gasteiger partial charge is 0.303 e. The van der Waals surface area contributed by atoms with Crippen molar-refractivity contribution in [3.05, 3.63) is 48.6 Å². The van der Waals surface area contributed by atoms with Crippen LogP contribution in [0.5, 0.6) is 0 Å². The third kappa shape index (κ3) is 10.2. The standard InChI is InChI=1S/C20H30O4/c1-2-3-4-5-9-12-15-18-20(24-18)17(21)14-11-8-6-7-10-13-16-19(22)23/h3-4,6-7,9,11-12,14,17-18,20-21H,2,5,8,10,13,15-16H2,1H3,(H,22,23). The minimum Gasteiger partial charge on any atom is -0.481 e. The zero-order valence-corrected chi connectivity index (χ0v) is 14.5. The first-order chi connectivity index (χ1) is 11.6. The summed E-state index contributed by atoms with van der Waals surface area (Å²) in [6.07, 6.45) is 20.9. The number of unbranched alkanes of at least 4 members (excludes halogenated alkanes) is 1. The fraction of sp³-hybridized carbons (Fsp3) is 0.550. The van der Waals surface area contributed by atoms with Gasteiger partial charge in [0.15, 0.2) is 0 Å². The fourth-order valence-electron chi connectivity index (χ4n) is 2.31. The molecule has 1 rings (SSSR count). The van der Waals surface area contributed by atoms with Gasteiger partial charge < -0.3 is 14.9 Å². The number of carbonyl (C=O) groups is 1. The van der Waals surface area contributed by atoms with Crippen LogP contribution in [0.15, 0.2) is 48.6 Å². The van der Waals surface area contributed by atoms with Crippen LogP contribution in [0.1, 0.15) is 51.9 Å². The van der Waals surface area contributed by atoms with Crippen molar-refractivity contribution < 1.29 is 19.7 Å². The van der Waals surface area contributed by atoms with Crippen molar-refractivity contribution in [3.8, 4) is 0 Å². The van der Waals surface area contributed by atoms with Crippen molar-refractivity contribution in [2.45, 2.75) is 70.2 Å². The van der Waals surface area contributed by atoms with Gasteiger partial charge in [-0.25, -0.2) is 0 Å². The maximum Gasteiger partial charge on any atom is 0.303 e. The van der Waals surface area contributed by atoms with Gasteiger partial charge in [0.1, 0.15) is 12.2 Å². The molecule has 0 bridgehead atoms. The van der Waals surface area contributed by atoms with Crippen molar-refractivity contribution in [2.24, 2.45) is 0 Å². The van der Waals surface area contributed by atoms with Gasteiger partial charge in [-0.3, -0.25) is 4.79 Å². The lowest BCUT2D eigenvalue weighted by molar-refractivity contribution is -0.137. The highest BCUT2D eigenvalue weighted by Gasteiger charge is 2.42. The molecule has 1 aliphatic rings. The third-order valence-electron chi connectivity index (χ3n) is 3.70. The highest BCUT2D eigenvalue weighted by Crippen LogP contribution is 2.29. The molecule has 2 N–H and O–H groups in total. The molecule has 24 heavy (non-hydrogen) atoms. The Kier molecular flexibility index (Phi) is 10.8. The first-order valence-electron chi connectivity index (χ1n) is 8.82. The lowest BCUT2D eigenvalue weighted by atomic mass is 10.1. The third-order valence-corrected chi connectivity index (χ3v) is 3.70.